The molecule has 5 nitrogen and oxygen atoms in total. The molecular formula is C14H22N2O3S. The summed E-state index contributed by atoms with van der Waals surface area (Å²) in [6.07, 6.45) is 4.08. The summed E-state index contributed by atoms with van der Waals surface area (Å²) in [5.74, 6) is 1.43. The van der Waals surface area contributed by atoms with E-state index in [-0.39, 0.29) is 16.7 Å². The summed E-state index contributed by atoms with van der Waals surface area (Å²) < 4.78 is 5.51. The number of benzene rings is 1. The summed E-state index contributed by atoms with van der Waals surface area (Å²) in [6, 6.07) is 5.13. The van der Waals surface area contributed by atoms with E-state index < -0.39 is 0 Å². The van der Waals surface area contributed by atoms with E-state index in [1.807, 2.05) is 25.6 Å². The van der Waals surface area contributed by atoms with E-state index in [1.165, 1.54) is 0 Å². The molecule has 1 aromatic rings. The van der Waals surface area contributed by atoms with Crippen molar-refractivity contribution in [3.05, 3.63) is 28.3 Å². The fourth-order valence-corrected chi connectivity index (χ4v) is 2.29. The summed E-state index contributed by atoms with van der Waals surface area (Å²) in [5, 5.41) is 14.4. The van der Waals surface area contributed by atoms with Crippen molar-refractivity contribution < 1.29 is 9.66 Å². The van der Waals surface area contributed by atoms with Crippen LogP contribution in [0.5, 0.6) is 5.75 Å². The first-order chi connectivity index (χ1) is 9.56. The second kappa shape index (κ2) is 8.68. The van der Waals surface area contributed by atoms with Crippen molar-refractivity contribution in [2.75, 3.05) is 23.9 Å². The molecule has 0 radical (unpaired) electrons. The fourth-order valence-electron chi connectivity index (χ4n) is 1.80. The Balaban J connectivity index is 2.76. The molecule has 0 aromatic heterocycles. The summed E-state index contributed by atoms with van der Waals surface area (Å²) >= 11 is 1.81. The van der Waals surface area contributed by atoms with E-state index in [0.29, 0.717) is 11.4 Å². The van der Waals surface area contributed by atoms with Gasteiger partial charge in [0.15, 0.2) is 5.75 Å². The maximum atomic E-state index is 11.2. The number of thioether (sulfide) groups is 1. The number of nitro groups is 1. The van der Waals surface area contributed by atoms with Crippen molar-refractivity contribution >= 4 is 23.1 Å². The van der Waals surface area contributed by atoms with Gasteiger partial charge in [0.1, 0.15) is 5.69 Å². The van der Waals surface area contributed by atoms with Crippen molar-refractivity contribution in [2.45, 2.75) is 32.8 Å². The van der Waals surface area contributed by atoms with Crippen LogP contribution in [0.25, 0.3) is 0 Å². The van der Waals surface area contributed by atoms with Gasteiger partial charge in [0.25, 0.3) is 0 Å². The molecule has 0 aliphatic carbocycles. The average molecular weight is 298 g/mol. The Kier molecular flexibility index (Phi) is 7.22. The molecule has 0 saturated heterocycles. The van der Waals surface area contributed by atoms with Crippen LogP contribution in [0.3, 0.4) is 0 Å². The van der Waals surface area contributed by atoms with Gasteiger partial charge < -0.3 is 10.1 Å². The molecule has 0 spiro atoms. The molecule has 20 heavy (non-hydrogen) atoms. The number of nitrogens with zero attached hydrogens (tertiary/aromatic N) is 1. The Bertz CT molecular complexity index is 438. The van der Waals surface area contributed by atoms with Gasteiger partial charge in [-0.1, -0.05) is 6.07 Å². The molecule has 0 amide bonds. The van der Waals surface area contributed by atoms with Gasteiger partial charge in [-0.15, -0.1) is 0 Å². The predicted octanol–water partition coefficient (Wildman–Crippen LogP) is 3.94. The third-order valence-electron chi connectivity index (χ3n) is 2.63. The predicted molar refractivity (Wildman–Crippen MR) is 85.0 cm³/mol. The van der Waals surface area contributed by atoms with Gasteiger partial charge in [-0.2, -0.15) is 11.8 Å². The van der Waals surface area contributed by atoms with Crippen molar-refractivity contribution in [3.8, 4) is 5.75 Å². The Morgan fingerprint density at radius 2 is 2.15 bits per heavy atom. The molecule has 0 fully saturated rings. The molecule has 0 bridgehead atoms. The molecule has 1 aromatic carbocycles. The Morgan fingerprint density at radius 3 is 2.75 bits per heavy atom. The highest BCUT2D eigenvalue weighted by molar-refractivity contribution is 7.98. The van der Waals surface area contributed by atoms with E-state index in [4.69, 9.17) is 4.74 Å². The second-order valence-electron chi connectivity index (χ2n) is 4.70. The van der Waals surface area contributed by atoms with Gasteiger partial charge in [0.2, 0.25) is 0 Å². The van der Waals surface area contributed by atoms with Crippen molar-refractivity contribution in [1.29, 1.82) is 0 Å². The monoisotopic (exact) mass is 298 g/mol. The molecule has 112 valence electrons. The quantitative estimate of drug-likeness (QED) is 0.425. The van der Waals surface area contributed by atoms with E-state index in [2.05, 4.69) is 11.6 Å². The van der Waals surface area contributed by atoms with Crippen LogP contribution in [0.1, 0.15) is 26.7 Å². The minimum Gasteiger partial charge on any atom is -0.484 e. The van der Waals surface area contributed by atoms with E-state index in [1.54, 1.807) is 18.2 Å². The van der Waals surface area contributed by atoms with Gasteiger partial charge in [-0.3, -0.25) is 10.1 Å². The molecule has 6 heteroatoms. The van der Waals surface area contributed by atoms with Crippen LogP contribution < -0.4 is 10.1 Å². The van der Waals surface area contributed by atoms with Gasteiger partial charge in [-0.25, -0.2) is 0 Å². The molecule has 0 unspecified atom stereocenters. The first-order valence-corrected chi connectivity index (χ1v) is 8.12. The highest BCUT2D eigenvalue weighted by Crippen LogP contribution is 2.35. The largest absolute Gasteiger partial charge is 0.484 e. The zero-order valence-electron chi connectivity index (χ0n) is 12.2. The summed E-state index contributed by atoms with van der Waals surface area (Å²) in [5.41, 5.74) is 0.545. The Morgan fingerprint density at radius 1 is 1.40 bits per heavy atom. The van der Waals surface area contributed by atoms with Crippen molar-refractivity contribution in [3.63, 3.8) is 0 Å². The SMILES string of the molecule is CSCCCCNc1cccc(OC(C)C)c1[N+](=O)[O-]. The summed E-state index contributed by atoms with van der Waals surface area (Å²) in [4.78, 5) is 10.9. The van der Waals surface area contributed by atoms with Crippen LogP contribution in [-0.2, 0) is 0 Å². The van der Waals surface area contributed by atoms with Crippen LogP contribution in [-0.4, -0.2) is 29.6 Å². The summed E-state index contributed by atoms with van der Waals surface area (Å²) in [6.45, 7) is 4.44. The third-order valence-corrected chi connectivity index (χ3v) is 3.33. The molecule has 0 aliphatic rings. The van der Waals surface area contributed by atoms with Crippen molar-refractivity contribution in [1.82, 2.24) is 0 Å². The van der Waals surface area contributed by atoms with Gasteiger partial charge in [-0.05, 0) is 50.8 Å². The highest BCUT2D eigenvalue weighted by atomic mass is 32.2. The molecule has 1 rings (SSSR count). The van der Waals surface area contributed by atoms with Crippen LogP contribution in [0.2, 0.25) is 0 Å². The van der Waals surface area contributed by atoms with E-state index in [9.17, 15) is 10.1 Å². The maximum Gasteiger partial charge on any atom is 0.333 e. The molecule has 0 atom stereocenters. The lowest BCUT2D eigenvalue weighted by atomic mass is 10.2. The summed E-state index contributed by atoms with van der Waals surface area (Å²) in [7, 11) is 0. The highest BCUT2D eigenvalue weighted by Gasteiger charge is 2.21. The van der Waals surface area contributed by atoms with Crippen LogP contribution in [0.15, 0.2) is 18.2 Å². The number of anilines is 1. The van der Waals surface area contributed by atoms with Gasteiger partial charge in [0, 0.05) is 6.54 Å². The van der Waals surface area contributed by atoms with E-state index in [0.717, 1.165) is 25.1 Å². The fraction of sp³-hybridized carbons (Fsp3) is 0.571. The topological polar surface area (TPSA) is 64.4 Å². The van der Waals surface area contributed by atoms with Crippen LogP contribution >= 0.6 is 11.8 Å². The Labute approximate surface area is 124 Å². The number of hydrogen-bond donors (Lipinski definition) is 1. The number of ether oxygens (including phenoxy) is 1. The standard InChI is InChI=1S/C14H22N2O3S/c1-11(2)19-13-8-6-7-12(14(13)16(17)18)15-9-4-5-10-20-3/h6-8,11,15H,4-5,9-10H2,1-3H3. The lowest BCUT2D eigenvalue weighted by Crippen LogP contribution is -2.10. The number of para-hydroxylation sites is 1. The molecule has 0 saturated carbocycles. The lowest BCUT2D eigenvalue weighted by molar-refractivity contribution is -0.385. The molecule has 0 aliphatic heterocycles. The van der Waals surface area contributed by atoms with Crippen LogP contribution in [0.4, 0.5) is 11.4 Å². The molecular weight excluding hydrogens is 276 g/mol. The minimum absolute atomic E-state index is 0.0195. The lowest BCUT2D eigenvalue weighted by Gasteiger charge is -2.13. The minimum atomic E-state index is -0.387. The average Bonchev–Trinajstić information content (AvgIpc) is 2.37. The number of nitrogens with one attached hydrogen (secondary N) is 1. The molecule has 1 N–H and O–H groups in total. The number of rotatable bonds is 9. The number of unbranched alkanes of at least 4 members (excludes halogenated alkanes) is 1. The van der Waals surface area contributed by atoms with Crippen molar-refractivity contribution in [2.24, 2.45) is 0 Å². The van der Waals surface area contributed by atoms with Crippen LogP contribution in [0, 0.1) is 10.1 Å². The first-order valence-electron chi connectivity index (χ1n) is 6.73. The van der Waals surface area contributed by atoms with Gasteiger partial charge >= 0.3 is 5.69 Å². The zero-order valence-corrected chi connectivity index (χ0v) is 13.0. The molecule has 0 heterocycles. The number of hydrogen-bond acceptors (Lipinski definition) is 5. The number of nitro benzene ring substituents is 1. The second-order valence-corrected chi connectivity index (χ2v) is 5.69. The normalized spacial score (nSPS) is 10.6. The Hall–Kier alpha value is -1.43. The zero-order chi connectivity index (χ0) is 15.0. The van der Waals surface area contributed by atoms with E-state index >= 15 is 0 Å². The smallest absolute Gasteiger partial charge is 0.333 e. The maximum absolute atomic E-state index is 11.2. The van der Waals surface area contributed by atoms with Gasteiger partial charge in [0.05, 0.1) is 11.0 Å². The first kappa shape index (κ1) is 16.6. The third kappa shape index (κ3) is 5.28.